The SMILES string of the molecule is C=C(Sc1nc(-c2cc3ccccc3c3ccccc23)sc1N)c1cc2ccccc2c2ccccc12. The van der Waals surface area contributed by atoms with E-state index < -0.39 is 0 Å². The van der Waals surface area contributed by atoms with Crippen molar-refractivity contribution in [2.75, 3.05) is 5.73 Å². The lowest BCUT2D eigenvalue weighted by molar-refractivity contribution is 1.22. The van der Waals surface area contributed by atoms with E-state index in [9.17, 15) is 0 Å². The Labute approximate surface area is 223 Å². The number of anilines is 1. The zero-order valence-electron chi connectivity index (χ0n) is 19.9. The molecule has 0 saturated heterocycles. The van der Waals surface area contributed by atoms with Gasteiger partial charge in [0.1, 0.15) is 15.0 Å². The van der Waals surface area contributed by atoms with E-state index in [0.717, 1.165) is 26.1 Å². The van der Waals surface area contributed by atoms with Crippen molar-refractivity contribution >= 4 is 76.1 Å². The van der Waals surface area contributed by atoms with Gasteiger partial charge in [-0.1, -0.05) is 127 Å². The fourth-order valence-corrected chi connectivity index (χ4v) is 7.01. The van der Waals surface area contributed by atoms with Crippen LogP contribution in [-0.2, 0) is 0 Å². The topological polar surface area (TPSA) is 38.9 Å². The molecule has 7 rings (SSSR count). The molecule has 0 aliphatic carbocycles. The van der Waals surface area contributed by atoms with Crippen LogP contribution in [0.2, 0.25) is 0 Å². The molecule has 7 aromatic rings. The number of nitrogen functional groups attached to an aromatic ring is 1. The highest BCUT2D eigenvalue weighted by molar-refractivity contribution is 8.08. The summed E-state index contributed by atoms with van der Waals surface area (Å²) in [7, 11) is 0. The lowest BCUT2D eigenvalue weighted by atomic mass is 9.97. The van der Waals surface area contributed by atoms with E-state index in [-0.39, 0.29) is 0 Å². The van der Waals surface area contributed by atoms with Crippen LogP contribution in [0.3, 0.4) is 0 Å². The normalized spacial score (nSPS) is 11.6. The predicted molar refractivity (Wildman–Crippen MR) is 163 cm³/mol. The Morgan fingerprint density at radius 1 is 0.649 bits per heavy atom. The summed E-state index contributed by atoms with van der Waals surface area (Å²) >= 11 is 3.09. The smallest absolute Gasteiger partial charge is 0.136 e. The average Bonchev–Trinajstić information content (AvgIpc) is 3.31. The summed E-state index contributed by atoms with van der Waals surface area (Å²) in [5.74, 6) is 0. The van der Waals surface area contributed by atoms with Crippen LogP contribution in [0, 0.1) is 0 Å². The van der Waals surface area contributed by atoms with Crippen molar-refractivity contribution in [3.63, 3.8) is 0 Å². The zero-order valence-corrected chi connectivity index (χ0v) is 21.6. The predicted octanol–water partition coefficient (Wildman–Crippen LogP) is 9.77. The molecule has 0 bridgehead atoms. The molecule has 0 saturated carbocycles. The number of thioether (sulfide) groups is 1. The summed E-state index contributed by atoms with van der Waals surface area (Å²) < 4.78 is 0. The van der Waals surface area contributed by atoms with Gasteiger partial charge < -0.3 is 5.73 Å². The number of aromatic nitrogens is 1. The molecule has 37 heavy (non-hydrogen) atoms. The number of hydrogen-bond donors (Lipinski definition) is 1. The van der Waals surface area contributed by atoms with Crippen molar-refractivity contribution in [3.05, 3.63) is 121 Å². The summed E-state index contributed by atoms with van der Waals surface area (Å²) in [6, 6.07) is 38.5. The molecule has 0 aliphatic heterocycles. The van der Waals surface area contributed by atoms with E-state index in [2.05, 4.69) is 116 Å². The molecule has 4 heteroatoms. The molecule has 1 heterocycles. The first kappa shape index (κ1) is 22.1. The molecule has 0 aliphatic rings. The van der Waals surface area contributed by atoms with Crippen LogP contribution >= 0.6 is 23.1 Å². The Balaban J connectivity index is 1.33. The third-order valence-electron chi connectivity index (χ3n) is 6.91. The Kier molecular flexibility index (Phi) is 5.24. The number of nitrogens with two attached hydrogens (primary N) is 1. The Bertz CT molecular complexity index is 2000. The first-order chi connectivity index (χ1) is 18.2. The number of thiazole rings is 1. The summed E-state index contributed by atoms with van der Waals surface area (Å²) in [6.07, 6.45) is 0. The largest absolute Gasteiger partial charge is 0.388 e. The van der Waals surface area contributed by atoms with E-state index in [1.807, 2.05) is 0 Å². The van der Waals surface area contributed by atoms with Gasteiger partial charge in [0.2, 0.25) is 0 Å². The molecule has 1 aromatic heterocycles. The number of fused-ring (bicyclic) bond motifs is 6. The minimum atomic E-state index is 0.712. The minimum Gasteiger partial charge on any atom is -0.388 e. The van der Waals surface area contributed by atoms with Gasteiger partial charge in [-0.2, -0.15) is 0 Å². The second-order valence-corrected chi connectivity index (χ2v) is 11.2. The number of hydrogen-bond acceptors (Lipinski definition) is 4. The number of nitrogens with zero attached hydrogens (tertiary/aromatic N) is 1. The minimum absolute atomic E-state index is 0.712. The van der Waals surface area contributed by atoms with Gasteiger partial charge in [-0.3, -0.25) is 0 Å². The molecule has 0 unspecified atom stereocenters. The summed E-state index contributed by atoms with van der Waals surface area (Å²) in [4.78, 5) is 5.98. The van der Waals surface area contributed by atoms with Crippen LogP contribution < -0.4 is 5.73 Å². The fourth-order valence-electron chi connectivity index (χ4n) is 5.19. The lowest BCUT2D eigenvalue weighted by Crippen LogP contribution is -1.88. The van der Waals surface area contributed by atoms with Gasteiger partial charge >= 0.3 is 0 Å². The molecule has 176 valence electrons. The van der Waals surface area contributed by atoms with E-state index in [4.69, 9.17) is 10.7 Å². The monoisotopic (exact) mass is 510 g/mol. The molecule has 0 radical (unpaired) electrons. The Morgan fingerprint density at radius 2 is 1.16 bits per heavy atom. The highest BCUT2D eigenvalue weighted by Gasteiger charge is 2.17. The molecule has 2 N–H and O–H groups in total. The van der Waals surface area contributed by atoms with E-state index in [1.165, 1.54) is 54.4 Å². The van der Waals surface area contributed by atoms with Crippen LogP contribution in [0.5, 0.6) is 0 Å². The maximum atomic E-state index is 6.56. The zero-order chi connectivity index (χ0) is 24.9. The van der Waals surface area contributed by atoms with Gasteiger partial charge in [0.05, 0.1) is 0 Å². The van der Waals surface area contributed by atoms with Crippen LogP contribution in [0.15, 0.2) is 121 Å². The first-order valence-corrected chi connectivity index (χ1v) is 13.8. The van der Waals surface area contributed by atoms with Gasteiger partial charge in [-0.25, -0.2) is 4.98 Å². The van der Waals surface area contributed by atoms with Crippen molar-refractivity contribution in [2.24, 2.45) is 0 Å². The van der Waals surface area contributed by atoms with Gasteiger partial charge in [-0.15, -0.1) is 0 Å². The first-order valence-electron chi connectivity index (χ1n) is 12.1. The second kappa shape index (κ2) is 8.77. The maximum Gasteiger partial charge on any atom is 0.136 e. The molecule has 0 amide bonds. The summed E-state index contributed by atoms with van der Waals surface area (Å²) in [5.41, 5.74) is 8.79. The second-order valence-electron chi connectivity index (χ2n) is 9.10. The fraction of sp³-hybridized carbons (Fsp3) is 0. The quantitative estimate of drug-likeness (QED) is 0.189. The molecule has 6 aromatic carbocycles. The molecule has 0 spiro atoms. The van der Waals surface area contributed by atoms with Crippen molar-refractivity contribution in [2.45, 2.75) is 5.03 Å². The average molecular weight is 511 g/mol. The highest BCUT2D eigenvalue weighted by Crippen LogP contribution is 2.45. The summed E-state index contributed by atoms with van der Waals surface area (Å²) in [5, 5.41) is 12.2. The molecule has 0 atom stereocenters. The molecule has 0 fully saturated rings. The van der Waals surface area contributed by atoms with Crippen molar-refractivity contribution in [3.8, 4) is 10.6 Å². The number of benzene rings is 6. The number of rotatable bonds is 4. The van der Waals surface area contributed by atoms with Crippen LogP contribution in [0.25, 0.3) is 58.6 Å². The van der Waals surface area contributed by atoms with Crippen molar-refractivity contribution < 1.29 is 0 Å². The molecule has 2 nitrogen and oxygen atoms in total. The van der Waals surface area contributed by atoms with Crippen LogP contribution in [0.4, 0.5) is 5.00 Å². The maximum absolute atomic E-state index is 6.56. The van der Waals surface area contributed by atoms with E-state index in [0.29, 0.717) is 5.00 Å². The van der Waals surface area contributed by atoms with Crippen LogP contribution in [-0.4, -0.2) is 4.98 Å². The third-order valence-corrected chi connectivity index (χ3v) is 8.93. The van der Waals surface area contributed by atoms with Crippen LogP contribution in [0.1, 0.15) is 5.56 Å². The molecular formula is C33H22N2S2. The Morgan fingerprint density at radius 3 is 1.84 bits per heavy atom. The lowest BCUT2D eigenvalue weighted by Gasteiger charge is -2.12. The van der Waals surface area contributed by atoms with Crippen molar-refractivity contribution in [1.82, 2.24) is 4.98 Å². The Hall–Kier alpha value is -4.12. The van der Waals surface area contributed by atoms with Gasteiger partial charge in [-0.05, 0) is 60.8 Å². The van der Waals surface area contributed by atoms with Crippen molar-refractivity contribution in [1.29, 1.82) is 0 Å². The van der Waals surface area contributed by atoms with Gasteiger partial charge in [0.25, 0.3) is 0 Å². The van der Waals surface area contributed by atoms with E-state index in [1.54, 1.807) is 11.8 Å². The van der Waals surface area contributed by atoms with Gasteiger partial charge in [0.15, 0.2) is 0 Å². The van der Waals surface area contributed by atoms with Gasteiger partial charge in [0, 0.05) is 10.5 Å². The van der Waals surface area contributed by atoms with E-state index >= 15 is 0 Å². The third kappa shape index (κ3) is 3.69. The highest BCUT2D eigenvalue weighted by atomic mass is 32.2. The standard InChI is InChI=1S/C33H22N2S2/c1-20(29-18-21-10-2-4-12-23(21)25-14-6-8-16-27(25)29)36-33-31(34)37-32(35-33)30-19-22-11-3-5-13-24(22)26-15-7-9-17-28(26)30/h2-19H,1,34H2. The molecular weight excluding hydrogens is 489 g/mol. The summed E-state index contributed by atoms with van der Waals surface area (Å²) in [6.45, 7) is 4.46.